The highest BCUT2D eigenvalue weighted by Gasteiger charge is 2.05. The van der Waals surface area contributed by atoms with Gasteiger partial charge in [-0.2, -0.15) is 0 Å². The number of hydrogen-bond donors (Lipinski definition) is 3. The average Bonchev–Trinajstić information content (AvgIpc) is 2.80. The second kappa shape index (κ2) is 4.43. The maximum Gasteiger partial charge on any atom is 0.253 e. The zero-order valence-corrected chi connectivity index (χ0v) is 8.47. The fourth-order valence-electron chi connectivity index (χ4n) is 1.20. The maximum atomic E-state index is 11.6. The first-order valence-electron chi connectivity index (χ1n) is 4.73. The number of amides is 1. The van der Waals surface area contributed by atoms with Crippen molar-refractivity contribution in [2.24, 2.45) is 0 Å². The molecule has 6 heteroatoms. The molecule has 2 aromatic rings. The van der Waals surface area contributed by atoms with Gasteiger partial charge in [0.2, 0.25) is 0 Å². The van der Waals surface area contributed by atoms with E-state index in [2.05, 4.69) is 20.3 Å². The lowest BCUT2D eigenvalue weighted by Gasteiger charge is -2.02. The van der Waals surface area contributed by atoms with E-state index in [0.717, 1.165) is 0 Å². The van der Waals surface area contributed by atoms with E-state index in [1.165, 1.54) is 6.20 Å². The molecule has 0 saturated heterocycles. The van der Waals surface area contributed by atoms with E-state index < -0.39 is 0 Å². The molecule has 0 unspecified atom stereocenters. The summed E-state index contributed by atoms with van der Waals surface area (Å²) in [5.41, 5.74) is 5.89. The molecular weight excluding hydrogens is 206 g/mol. The van der Waals surface area contributed by atoms with Gasteiger partial charge in [-0.25, -0.2) is 9.97 Å². The van der Waals surface area contributed by atoms with Crippen LogP contribution >= 0.6 is 0 Å². The molecule has 1 amide bonds. The normalized spacial score (nSPS) is 10.0. The molecule has 0 spiro atoms. The molecule has 4 N–H and O–H groups in total. The summed E-state index contributed by atoms with van der Waals surface area (Å²) >= 11 is 0. The van der Waals surface area contributed by atoms with E-state index in [9.17, 15) is 4.79 Å². The molecule has 0 aliphatic carbocycles. The number of aromatic amines is 1. The van der Waals surface area contributed by atoms with Crippen molar-refractivity contribution in [3.05, 3.63) is 42.1 Å². The minimum absolute atomic E-state index is 0.205. The lowest BCUT2D eigenvalue weighted by atomic mass is 10.2. The van der Waals surface area contributed by atoms with Crippen molar-refractivity contribution < 1.29 is 4.79 Å². The van der Waals surface area contributed by atoms with Crippen molar-refractivity contribution in [2.75, 3.05) is 5.73 Å². The third-order valence-electron chi connectivity index (χ3n) is 2.02. The van der Waals surface area contributed by atoms with E-state index in [-0.39, 0.29) is 5.91 Å². The Morgan fingerprint density at radius 2 is 2.31 bits per heavy atom. The third kappa shape index (κ3) is 2.35. The van der Waals surface area contributed by atoms with E-state index in [4.69, 9.17) is 5.73 Å². The summed E-state index contributed by atoms with van der Waals surface area (Å²) in [5, 5.41) is 2.71. The molecule has 0 aliphatic rings. The van der Waals surface area contributed by atoms with Crippen LogP contribution < -0.4 is 11.1 Å². The lowest BCUT2D eigenvalue weighted by Crippen LogP contribution is -2.23. The summed E-state index contributed by atoms with van der Waals surface area (Å²) in [4.78, 5) is 22.3. The van der Waals surface area contributed by atoms with Crippen LogP contribution in [-0.4, -0.2) is 20.9 Å². The van der Waals surface area contributed by atoms with E-state index in [1.54, 1.807) is 24.5 Å². The van der Waals surface area contributed by atoms with Crippen molar-refractivity contribution in [1.82, 2.24) is 20.3 Å². The van der Waals surface area contributed by atoms with Crippen LogP contribution in [0.15, 0.2) is 30.7 Å². The molecule has 6 nitrogen and oxygen atoms in total. The van der Waals surface area contributed by atoms with Gasteiger partial charge in [0.25, 0.3) is 5.91 Å². The van der Waals surface area contributed by atoms with Crippen LogP contribution in [0.4, 0.5) is 5.82 Å². The smallest absolute Gasteiger partial charge is 0.253 e. The van der Waals surface area contributed by atoms with Crippen molar-refractivity contribution in [3.63, 3.8) is 0 Å². The minimum Gasteiger partial charge on any atom is -0.384 e. The Morgan fingerprint density at radius 3 is 2.94 bits per heavy atom. The molecule has 0 bridgehead atoms. The molecule has 82 valence electrons. The number of aromatic nitrogens is 3. The first-order valence-corrected chi connectivity index (χ1v) is 4.73. The topological polar surface area (TPSA) is 96.7 Å². The Kier molecular flexibility index (Phi) is 2.81. The number of pyridine rings is 1. The average molecular weight is 217 g/mol. The Hall–Kier alpha value is -2.37. The Balaban J connectivity index is 1.95. The molecule has 2 aromatic heterocycles. The molecule has 0 saturated carbocycles. The highest BCUT2D eigenvalue weighted by Crippen LogP contribution is 2.01. The van der Waals surface area contributed by atoms with Gasteiger partial charge in [0.1, 0.15) is 11.6 Å². The van der Waals surface area contributed by atoms with Crippen LogP contribution in [0.5, 0.6) is 0 Å². The maximum absolute atomic E-state index is 11.6. The predicted octanol–water partition coefficient (Wildman–Crippen LogP) is 0.317. The number of nitrogen functional groups attached to an aromatic ring is 1. The molecule has 0 aliphatic heterocycles. The number of carbonyl (C=O) groups is 1. The number of nitrogens with one attached hydrogen (secondary N) is 2. The fraction of sp³-hybridized carbons (Fsp3) is 0.100. The molecule has 2 heterocycles. The molecule has 0 atom stereocenters. The van der Waals surface area contributed by atoms with Gasteiger partial charge in [0.05, 0.1) is 12.1 Å². The van der Waals surface area contributed by atoms with Crippen molar-refractivity contribution >= 4 is 11.7 Å². The van der Waals surface area contributed by atoms with Crippen LogP contribution in [0.2, 0.25) is 0 Å². The largest absolute Gasteiger partial charge is 0.384 e. The summed E-state index contributed by atoms with van der Waals surface area (Å²) in [7, 11) is 0. The standard InChI is InChI=1S/C10H11N5O/c11-8-2-1-7(5-14-8)10(16)15-6-9-12-3-4-13-9/h1-5H,6H2,(H2,11,14)(H,12,13)(H,15,16). The Labute approximate surface area is 91.9 Å². The summed E-state index contributed by atoms with van der Waals surface area (Å²) in [6.07, 6.45) is 4.77. The molecule has 0 radical (unpaired) electrons. The molecule has 2 rings (SSSR count). The SMILES string of the molecule is Nc1ccc(C(=O)NCc2ncc[nH]2)cn1. The number of nitrogens with two attached hydrogens (primary N) is 1. The lowest BCUT2D eigenvalue weighted by molar-refractivity contribution is 0.0949. The van der Waals surface area contributed by atoms with Crippen molar-refractivity contribution in [1.29, 1.82) is 0 Å². The number of hydrogen-bond acceptors (Lipinski definition) is 4. The number of anilines is 1. The van der Waals surface area contributed by atoms with Crippen LogP contribution in [0.3, 0.4) is 0 Å². The fourth-order valence-corrected chi connectivity index (χ4v) is 1.20. The highest BCUT2D eigenvalue weighted by molar-refractivity contribution is 5.93. The molecule has 16 heavy (non-hydrogen) atoms. The summed E-state index contributed by atoms with van der Waals surface area (Å²) < 4.78 is 0. The van der Waals surface area contributed by atoms with Gasteiger partial charge < -0.3 is 16.0 Å². The van der Waals surface area contributed by atoms with Gasteiger partial charge in [-0.1, -0.05) is 0 Å². The summed E-state index contributed by atoms with van der Waals surface area (Å²) in [6, 6.07) is 3.21. The van der Waals surface area contributed by atoms with Gasteiger partial charge >= 0.3 is 0 Å². The van der Waals surface area contributed by atoms with E-state index in [1.807, 2.05) is 0 Å². The van der Waals surface area contributed by atoms with Crippen LogP contribution in [0.1, 0.15) is 16.2 Å². The van der Waals surface area contributed by atoms with Gasteiger partial charge in [-0.15, -0.1) is 0 Å². The predicted molar refractivity (Wildman–Crippen MR) is 58.4 cm³/mol. The Morgan fingerprint density at radius 1 is 1.44 bits per heavy atom. The number of H-pyrrole nitrogens is 1. The number of rotatable bonds is 3. The Bertz CT molecular complexity index is 462. The number of carbonyl (C=O) groups excluding carboxylic acids is 1. The van der Waals surface area contributed by atoms with Crippen LogP contribution in [-0.2, 0) is 6.54 Å². The number of nitrogens with zero attached hydrogens (tertiary/aromatic N) is 2. The van der Waals surface area contributed by atoms with Crippen molar-refractivity contribution in [2.45, 2.75) is 6.54 Å². The first kappa shape index (κ1) is 10.2. The number of imidazole rings is 1. The van der Waals surface area contributed by atoms with E-state index in [0.29, 0.717) is 23.8 Å². The third-order valence-corrected chi connectivity index (χ3v) is 2.02. The minimum atomic E-state index is -0.205. The second-order valence-corrected chi connectivity index (χ2v) is 3.19. The first-order chi connectivity index (χ1) is 7.75. The van der Waals surface area contributed by atoms with Gasteiger partial charge in [-0.3, -0.25) is 4.79 Å². The summed E-state index contributed by atoms with van der Waals surface area (Å²) in [5.74, 6) is 0.892. The molecule has 0 fully saturated rings. The second-order valence-electron chi connectivity index (χ2n) is 3.19. The molecular formula is C10H11N5O. The highest BCUT2D eigenvalue weighted by atomic mass is 16.1. The van der Waals surface area contributed by atoms with Crippen LogP contribution in [0, 0.1) is 0 Å². The van der Waals surface area contributed by atoms with Crippen LogP contribution in [0.25, 0.3) is 0 Å². The quantitative estimate of drug-likeness (QED) is 0.689. The summed E-state index contributed by atoms with van der Waals surface area (Å²) in [6.45, 7) is 0.357. The van der Waals surface area contributed by atoms with Crippen molar-refractivity contribution in [3.8, 4) is 0 Å². The van der Waals surface area contributed by atoms with Gasteiger partial charge in [0, 0.05) is 18.6 Å². The zero-order valence-electron chi connectivity index (χ0n) is 8.47. The van der Waals surface area contributed by atoms with Gasteiger partial charge in [0.15, 0.2) is 0 Å². The van der Waals surface area contributed by atoms with Gasteiger partial charge in [-0.05, 0) is 12.1 Å². The molecule has 0 aromatic carbocycles. The van der Waals surface area contributed by atoms with E-state index >= 15 is 0 Å². The monoisotopic (exact) mass is 217 g/mol. The zero-order chi connectivity index (χ0) is 11.4.